The summed E-state index contributed by atoms with van der Waals surface area (Å²) in [6.07, 6.45) is 14.3. The normalized spacial score (nSPS) is 15.4. The van der Waals surface area contributed by atoms with Crippen molar-refractivity contribution in [3.63, 3.8) is 0 Å². The van der Waals surface area contributed by atoms with Crippen LogP contribution in [0.3, 0.4) is 0 Å². The Kier molecular flexibility index (Phi) is 41.2. The van der Waals surface area contributed by atoms with Crippen LogP contribution in [0.2, 0.25) is 0 Å². The fraction of sp³-hybridized carbons (Fsp3) is 0.406. The minimum absolute atomic E-state index is 0. The number of hydrogen-bond donors (Lipinski definition) is 9. The van der Waals surface area contributed by atoms with E-state index in [0.717, 1.165) is 149 Å². The summed E-state index contributed by atoms with van der Waals surface area (Å²) in [5.41, 5.74) is 14.4. The van der Waals surface area contributed by atoms with Gasteiger partial charge in [-0.05, 0) is 197 Å². The molecular weight excluding hydrogens is 1860 g/mol. The van der Waals surface area contributed by atoms with Gasteiger partial charge in [0.15, 0.2) is 57.5 Å². The average Bonchev–Trinajstić information content (AvgIpc) is 1.55. The number of rotatable bonds is 3. The van der Waals surface area contributed by atoms with E-state index in [1.165, 1.54) is 11.1 Å². The Bertz CT molecular complexity index is 5640. The van der Waals surface area contributed by atoms with Gasteiger partial charge in [0, 0.05) is 168 Å². The molecule has 27 heteroatoms. The second-order valence-corrected chi connectivity index (χ2v) is 41.0. The maximum atomic E-state index is 9.87. The first kappa shape index (κ1) is 121. The van der Waals surface area contributed by atoms with Crippen molar-refractivity contribution in [3.05, 3.63) is 233 Å². The van der Waals surface area contributed by atoms with Crippen molar-refractivity contribution in [3.8, 4) is 57.5 Å². The standard InChI is InChI=1S/2C24H20N4O.4C14H22O2.CH4O.CH3.4Co.4H2O/c2*1-23(2)17-10-4-5-11-18(17)28(3)24(23)14-27-21-15-8-6-12-25-19(15)20-16(22(21)29-24)9-7-13-26-20;3*1-13(2,3)9-7-10(14(4,5)6)12(16)11(15)8-9;1-5-6-7-10-8-11(14(2,3)4)13(16)12(15)9-10;1-2;;;;;;;;;/h2*4-14H,1-3H3;3*7-8,15-16H,1-6H3;8-9,15-16H,5-7H2,1-4H3;2H,1H3;1H3;;;;;4*1H2/q;;;;;;;-1;;;;;;;;. The van der Waals surface area contributed by atoms with Crippen LogP contribution in [0.25, 0.3) is 43.6 Å². The predicted octanol–water partition coefficient (Wildman–Crippen LogP) is 21.6. The molecule has 2 spiro atoms. The van der Waals surface area contributed by atoms with Crippen LogP contribution in [0.5, 0.6) is 57.5 Å². The molecule has 4 aromatic heterocycles. The van der Waals surface area contributed by atoms with Gasteiger partial charge in [0.1, 0.15) is 22.4 Å². The van der Waals surface area contributed by atoms with Gasteiger partial charge in [0.2, 0.25) is 11.4 Å². The summed E-state index contributed by atoms with van der Waals surface area (Å²) in [7, 11) is 5.15. The summed E-state index contributed by atoms with van der Waals surface area (Å²) >= 11 is 0. The van der Waals surface area contributed by atoms with Crippen LogP contribution in [0.15, 0.2) is 180 Å². The number of pyridine rings is 4. The number of aryl methyl sites for hydroxylation is 1. The molecule has 0 bridgehead atoms. The predicted molar refractivity (Wildman–Crippen MR) is 530 cm³/mol. The number of fused-ring (bicyclic) bond motifs is 14. The van der Waals surface area contributed by atoms with E-state index in [1.54, 1.807) is 49.1 Å². The van der Waals surface area contributed by atoms with Crippen LogP contribution in [-0.4, -0.2) is 133 Å². The molecule has 16 rings (SSSR count). The summed E-state index contributed by atoms with van der Waals surface area (Å²) in [4.78, 5) is 32.7. The number of hydrogen-bond acceptors (Lipinski definition) is 19. The monoisotopic (exact) mass is 2000 g/mol. The second kappa shape index (κ2) is 45.2. The number of ether oxygens (including phenoxy) is 2. The molecule has 4 radical (unpaired) electrons. The third-order valence-corrected chi connectivity index (χ3v) is 24.1. The Labute approximate surface area is 828 Å². The van der Waals surface area contributed by atoms with Crippen LogP contribution >= 0.6 is 0 Å². The molecule has 133 heavy (non-hydrogen) atoms. The number of aromatic nitrogens is 4. The molecule has 2 unspecified atom stereocenters. The third-order valence-electron chi connectivity index (χ3n) is 24.1. The van der Waals surface area contributed by atoms with E-state index in [-0.39, 0.29) is 191 Å². The SMILES string of the molecule is CC(C)(C)c1cc(O)c(O)c(C(C)(C)C)c1.CC(C)(C)c1cc(O)c(O)c(C(C)(C)C)c1.CC(C)(C)c1cc(O)c(O)c(C(C)(C)C)c1.CCCCc1cc(O)c(O)c(C(C)(C)C)c1.CN1c2ccccc2C(C)(C)C12C=Nc1c(c3cccnc3c3ncccc13)O2.CN1c2ccccc2C(C)(C)C12C=Nc1c(c3cccnc3c3ncccc13)O2.CO.O.O.O.O.[CH3-].[Co].[Co].[Co].[Co]. The van der Waals surface area contributed by atoms with Gasteiger partial charge in [-0.1, -0.05) is 219 Å². The maximum absolute atomic E-state index is 9.87. The summed E-state index contributed by atoms with van der Waals surface area (Å²) in [5.74, 6) is 1.47. The van der Waals surface area contributed by atoms with Crippen LogP contribution in [-0.2, 0) is 122 Å². The first-order valence-electron chi connectivity index (χ1n) is 42.7. The molecule has 0 saturated heterocycles. The molecule has 734 valence electrons. The maximum Gasteiger partial charge on any atom is 0.228 e. The van der Waals surface area contributed by atoms with Gasteiger partial charge < -0.3 is 94.6 Å². The van der Waals surface area contributed by atoms with E-state index in [9.17, 15) is 40.9 Å². The molecule has 2 atom stereocenters. The van der Waals surface area contributed by atoms with E-state index in [1.807, 2.05) is 168 Å². The molecule has 0 amide bonds. The van der Waals surface area contributed by atoms with E-state index in [2.05, 4.69) is 189 Å². The topological polar surface area (TPSA) is 409 Å². The fourth-order valence-electron chi connectivity index (χ4n) is 16.5. The van der Waals surface area contributed by atoms with Gasteiger partial charge in [-0.25, -0.2) is 0 Å². The number of unbranched alkanes of at least 4 members (excludes halogenated alkanes) is 1. The van der Waals surface area contributed by atoms with Crippen molar-refractivity contribution >= 4 is 78.8 Å². The van der Waals surface area contributed by atoms with E-state index in [0.29, 0.717) is 0 Å². The summed E-state index contributed by atoms with van der Waals surface area (Å²) in [6.45, 7) is 54.1. The van der Waals surface area contributed by atoms with Crippen molar-refractivity contribution in [1.29, 1.82) is 0 Å². The molecule has 8 heterocycles. The zero-order chi connectivity index (χ0) is 92.1. The number of aromatic hydroxyl groups is 8. The summed E-state index contributed by atoms with van der Waals surface area (Å²) in [5, 5.41) is 89.2. The van der Waals surface area contributed by atoms with Gasteiger partial charge in [0.05, 0.1) is 34.3 Å². The number of aliphatic hydroxyl groups excluding tert-OH is 1. The minimum Gasteiger partial charge on any atom is -0.504 e. The Morgan fingerprint density at radius 1 is 0.338 bits per heavy atom. The molecule has 4 aliphatic heterocycles. The van der Waals surface area contributed by atoms with Crippen LogP contribution < -0.4 is 19.3 Å². The number of aliphatic hydroxyl groups is 1. The molecule has 8 aromatic carbocycles. The number of phenols is 8. The Balaban J connectivity index is 0.000000804. The van der Waals surface area contributed by atoms with Gasteiger partial charge >= 0.3 is 0 Å². The third kappa shape index (κ3) is 24.2. The Morgan fingerprint density at radius 3 is 0.857 bits per heavy atom. The average molecular weight is 2010 g/mol. The van der Waals surface area contributed by atoms with Gasteiger partial charge in [-0.3, -0.25) is 29.9 Å². The molecular formula is C106H143Co4N8O15-. The fourth-order valence-corrected chi connectivity index (χ4v) is 16.5. The van der Waals surface area contributed by atoms with Crippen LogP contribution in [0, 0.1) is 7.43 Å². The number of likely N-dealkylation sites (N-methyl/N-ethyl adjacent to an activating group) is 2. The Hall–Kier alpha value is -9.83. The zero-order valence-electron chi connectivity index (χ0n) is 82.7. The van der Waals surface area contributed by atoms with Crippen molar-refractivity contribution < 1.29 is 144 Å². The van der Waals surface area contributed by atoms with Crippen molar-refractivity contribution in [2.24, 2.45) is 9.98 Å². The first-order valence-corrected chi connectivity index (χ1v) is 42.7. The van der Waals surface area contributed by atoms with Gasteiger partial charge in [-0.15, -0.1) is 0 Å². The molecule has 0 saturated carbocycles. The molecule has 12 aromatic rings. The molecule has 0 aliphatic carbocycles. The molecule has 17 N–H and O–H groups in total. The largest absolute Gasteiger partial charge is 0.504 e. The number of para-hydroxylation sites is 2. The van der Waals surface area contributed by atoms with E-state index >= 15 is 0 Å². The second-order valence-electron chi connectivity index (χ2n) is 41.0. The number of benzene rings is 8. The minimum atomic E-state index is -0.720. The van der Waals surface area contributed by atoms with Crippen molar-refractivity contribution in [2.45, 2.75) is 259 Å². The smallest absolute Gasteiger partial charge is 0.228 e. The number of aliphatic imine (C=N–C) groups is 2. The molecule has 4 aliphatic rings. The molecule has 23 nitrogen and oxygen atoms in total. The van der Waals surface area contributed by atoms with Crippen LogP contribution in [0.4, 0.5) is 22.7 Å². The van der Waals surface area contributed by atoms with Crippen molar-refractivity contribution in [1.82, 2.24) is 19.9 Å². The molecule has 0 fully saturated rings. The zero-order valence-corrected chi connectivity index (χ0v) is 86.9. The number of anilines is 2. The van der Waals surface area contributed by atoms with Gasteiger partial charge in [-0.2, -0.15) is 0 Å². The first-order chi connectivity index (χ1) is 57.5. The van der Waals surface area contributed by atoms with E-state index < -0.39 is 11.4 Å². The number of nitrogens with zero attached hydrogens (tertiary/aromatic N) is 8. The summed E-state index contributed by atoms with van der Waals surface area (Å²) < 4.78 is 13.8. The Morgan fingerprint density at radius 2 is 0.594 bits per heavy atom. The quantitative estimate of drug-likeness (QED) is 0.0451. The van der Waals surface area contributed by atoms with Gasteiger partial charge in [0.25, 0.3) is 0 Å². The van der Waals surface area contributed by atoms with Crippen LogP contribution in [0.1, 0.15) is 248 Å². The van der Waals surface area contributed by atoms with E-state index in [4.69, 9.17) is 24.6 Å². The van der Waals surface area contributed by atoms with Crippen molar-refractivity contribution in [2.75, 3.05) is 31.0 Å². The summed E-state index contributed by atoms with van der Waals surface area (Å²) in [6, 6.07) is 47.4. The number of phenolic OH excluding ortho intramolecular Hbond substituents is 8.